The summed E-state index contributed by atoms with van der Waals surface area (Å²) in [6.45, 7) is 11.4. The highest BCUT2D eigenvalue weighted by Gasteiger charge is 2.22. The van der Waals surface area contributed by atoms with Gasteiger partial charge < -0.3 is 9.64 Å². The number of amides is 1. The van der Waals surface area contributed by atoms with Gasteiger partial charge in [-0.05, 0) is 27.2 Å². The van der Waals surface area contributed by atoms with Crippen LogP contribution in [0, 0.1) is 0 Å². The van der Waals surface area contributed by atoms with Gasteiger partial charge in [0.25, 0.3) is 0 Å². The molecule has 4 heteroatoms. The van der Waals surface area contributed by atoms with Crippen molar-refractivity contribution in [2.24, 2.45) is 0 Å². The van der Waals surface area contributed by atoms with Gasteiger partial charge in [0.2, 0.25) is 0 Å². The zero-order valence-electron chi connectivity index (χ0n) is 11.3. The summed E-state index contributed by atoms with van der Waals surface area (Å²) in [7, 11) is 0. The smallest absolute Gasteiger partial charge is 0.410 e. The van der Waals surface area contributed by atoms with Gasteiger partial charge in [-0.1, -0.05) is 13.0 Å². The molecule has 0 aliphatic carbocycles. The zero-order valence-corrected chi connectivity index (χ0v) is 11.3. The molecule has 0 fully saturated rings. The van der Waals surface area contributed by atoms with Gasteiger partial charge in [-0.2, -0.15) is 0 Å². The minimum Gasteiger partial charge on any atom is -0.444 e. The largest absolute Gasteiger partial charge is 0.444 e. The third-order valence-corrected chi connectivity index (χ3v) is 2.02. The van der Waals surface area contributed by atoms with Crippen molar-refractivity contribution in [3.8, 4) is 0 Å². The molecule has 0 aliphatic heterocycles. The minimum atomic E-state index is -0.543. The van der Waals surface area contributed by atoms with Crippen LogP contribution < -0.4 is 0 Å². The van der Waals surface area contributed by atoms with Crippen molar-refractivity contribution in [1.29, 1.82) is 0 Å². The number of Topliss-reactive ketones (excluding diaryl/α,β-unsaturated/α-hetero) is 1. The Balaban J connectivity index is 4.49. The van der Waals surface area contributed by atoms with E-state index in [4.69, 9.17) is 4.74 Å². The topological polar surface area (TPSA) is 46.6 Å². The summed E-state index contributed by atoms with van der Waals surface area (Å²) < 4.78 is 5.24. The predicted octanol–water partition coefficient (Wildman–Crippen LogP) is 2.78. The Hall–Kier alpha value is -1.32. The first-order chi connectivity index (χ1) is 7.80. The number of hydrogen-bond donors (Lipinski definition) is 0. The molecular formula is C13H23NO3. The molecule has 0 heterocycles. The van der Waals surface area contributed by atoms with E-state index >= 15 is 0 Å². The first-order valence-corrected chi connectivity index (χ1v) is 5.90. The molecule has 1 amide bonds. The van der Waals surface area contributed by atoms with Crippen LogP contribution in [0.2, 0.25) is 0 Å². The predicted molar refractivity (Wildman–Crippen MR) is 67.9 cm³/mol. The zero-order chi connectivity index (χ0) is 13.5. The first kappa shape index (κ1) is 15.7. The number of rotatable bonds is 6. The van der Waals surface area contributed by atoms with Gasteiger partial charge in [0.15, 0.2) is 5.78 Å². The Morgan fingerprint density at radius 3 is 2.35 bits per heavy atom. The maximum absolute atomic E-state index is 11.8. The molecule has 0 saturated heterocycles. The van der Waals surface area contributed by atoms with E-state index in [0.29, 0.717) is 19.4 Å². The Morgan fingerprint density at radius 1 is 1.35 bits per heavy atom. The number of hydrogen-bond acceptors (Lipinski definition) is 3. The Kier molecular flexibility index (Phi) is 6.54. The molecule has 0 bridgehead atoms. The molecule has 0 radical (unpaired) electrons. The van der Waals surface area contributed by atoms with E-state index in [1.807, 2.05) is 0 Å². The molecule has 4 nitrogen and oxygen atoms in total. The van der Waals surface area contributed by atoms with Crippen molar-refractivity contribution in [2.45, 2.75) is 46.1 Å². The fraction of sp³-hybridized carbons (Fsp3) is 0.692. The monoisotopic (exact) mass is 241 g/mol. The summed E-state index contributed by atoms with van der Waals surface area (Å²) in [5.41, 5.74) is -0.543. The fourth-order valence-electron chi connectivity index (χ4n) is 1.13. The van der Waals surface area contributed by atoms with Crippen LogP contribution in [-0.2, 0) is 9.53 Å². The summed E-state index contributed by atoms with van der Waals surface area (Å²) in [6, 6.07) is 0. The van der Waals surface area contributed by atoms with Crippen molar-refractivity contribution in [3.05, 3.63) is 12.7 Å². The standard InChI is InChI=1S/C13H23NO3/c1-6-8-9-14(10-11(15)7-2)12(16)17-13(3,4)5/h6H,1,7-10H2,2-5H3. The normalized spacial score (nSPS) is 10.8. The van der Waals surface area contributed by atoms with Crippen LogP contribution in [0.4, 0.5) is 4.79 Å². The number of ether oxygens (including phenoxy) is 1. The van der Waals surface area contributed by atoms with Gasteiger partial charge in [-0.3, -0.25) is 4.79 Å². The second-order valence-electron chi connectivity index (χ2n) is 4.87. The lowest BCUT2D eigenvalue weighted by Gasteiger charge is -2.26. The third kappa shape index (κ3) is 7.55. The van der Waals surface area contributed by atoms with Crippen LogP contribution in [0.1, 0.15) is 40.5 Å². The summed E-state index contributed by atoms with van der Waals surface area (Å²) in [5, 5.41) is 0. The van der Waals surface area contributed by atoms with Crippen LogP contribution in [0.3, 0.4) is 0 Å². The second kappa shape index (κ2) is 7.09. The molecule has 0 saturated carbocycles. The summed E-state index contributed by atoms with van der Waals surface area (Å²) in [6.07, 6.45) is 2.35. The second-order valence-corrected chi connectivity index (χ2v) is 4.87. The van der Waals surface area contributed by atoms with E-state index in [1.54, 1.807) is 33.8 Å². The molecule has 17 heavy (non-hydrogen) atoms. The van der Waals surface area contributed by atoms with Gasteiger partial charge in [-0.15, -0.1) is 6.58 Å². The van der Waals surface area contributed by atoms with E-state index in [1.165, 1.54) is 4.90 Å². The van der Waals surface area contributed by atoms with Gasteiger partial charge in [0, 0.05) is 13.0 Å². The third-order valence-electron chi connectivity index (χ3n) is 2.02. The van der Waals surface area contributed by atoms with Crippen molar-refractivity contribution in [2.75, 3.05) is 13.1 Å². The molecule has 0 atom stereocenters. The minimum absolute atomic E-state index is 0.0277. The molecule has 0 rings (SSSR count). The van der Waals surface area contributed by atoms with Crippen LogP contribution in [0.15, 0.2) is 12.7 Å². The number of nitrogens with zero attached hydrogens (tertiary/aromatic N) is 1. The lowest BCUT2D eigenvalue weighted by atomic mass is 10.2. The SMILES string of the molecule is C=CCCN(CC(=O)CC)C(=O)OC(C)(C)C. The van der Waals surface area contributed by atoms with Gasteiger partial charge in [0.1, 0.15) is 5.60 Å². The number of ketones is 1. The Labute approximate surface area is 104 Å². The van der Waals surface area contributed by atoms with E-state index < -0.39 is 11.7 Å². The van der Waals surface area contributed by atoms with Crippen LogP contribution in [-0.4, -0.2) is 35.5 Å². The Morgan fingerprint density at radius 2 is 1.94 bits per heavy atom. The van der Waals surface area contributed by atoms with E-state index in [9.17, 15) is 9.59 Å². The first-order valence-electron chi connectivity index (χ1n) is 5.90. The highest BCUT2D eigenvalue weighted by molar-refractivity contribution is 5.83. The lowest BCUT2D eigenvalue weighted by Crippen LogP contribution is -2.40. The van der Waals surface area contributed by atoms with Crippen molar-refractivity contribution >= 4 is 11.9 Å². The Bertz CT molecular complexity index is 279. The highest BCUT2D eigenvalue weighted by Crippen LogP contribution is 2.10. The molecule has 0 unspecified atom stereocenters. The van der Waals surface area contributed by atoms with Crippen molar-refractivity contribution in [3.63, 3.8) is 0 Å². The quantitative estimate of drug-likeness (QED) is 0.672. The molecule has 98 valence electrons. The van der Waals surface area contributed by atoms with Crippen molar-refractivity contribution in [1.82, 2.24) is 4.90 Å². The van der Waals surface area contributed by atoms with E-state index in [0.717, 1.165) is 0 Å². The summed E-state index contributed by atoms with van der Waals surface area (Å²) in [4.78, 5) is 24.6. The van der Waals surface area contributed by atoms with Crippen molar-refractivity contribution < 1.29 is 14.3 Å². The molecule has 0 aromatic heterocycles. The van der Waals surface area contributed by atoms with Gasteiger partial charge in [-0.25, -0.2) is 4.79 Å². The van der Waals surface area contributed by atoms with E-state index in [2.05, 4.69) is 6.58 Å². The van der Waals surface area contributed by atoms with Crippen LogP contribution >= 0.6 is 0 Å². The van der Waals surface area contributed by atoms with E-state index in [-0.39, 0.29) is 12.3 Å². The summed E-state index contributed by atoms with van der Waals surface area (Å²) >= 11 is 0. The maximum atomic E-state index is 11.8. The van der Waals surface area contributed by atoms with Gasteiger partial charge >= 0.3 is 6.09 Å². The molecular weight excluding hydrogens is 218 g/mol. The molecule has 0 aromatic rings. The number of carbonyl (C=O) groups excluding carboxylic acids is 2. The summed E-state index contributed by atoms with van der Waals surface area (Å²) in [5.74, 6) is 0.0277. The molecule has 0 N–H and O–H groups in total. The maximum Gasteiger partial charge on any atom is 0.410 e. The van der Waals surface area contributed by atoms with Gasteiger partial charge in [0.05, 0.1) is 6.54 Å². The number of carbonyl (C=O) groups is 2. The fourth-order valence-corrected chi connectivity index (χ4v) is 1.13. The van der Waals surface area contributed by atoms with Crippen LogP contribution in [0.5, 0.6) is 0 Å². The lowest BCUT2D eigenvalue weighted by molar-refractivity contribution is -0.119. The average molecular weight is 241 g/mol. The average Bonchev–Trinajstić information content (AvgIpc) is 2.21. The molecule has 0 aromatic carbocycles. The highest BCUT2D eigenvalue weighted by atomic mass is 16.6. The molecule has 0 aliphatic rings. The molecule has 0 spiro atoms. The van der Waals surface area contributed by atoms with Crippen LogP contribution in [0.25, 0.3) is 0 Å².